The first kappa shape index (κ1) is 20.3. The molecule has 0 unspecified atom stereocenters. The first-order valence-electron chi connectivity index (χ1n) is 9.98. The zero-order chi connectivity index (χ0) is 20.4. The minimum atomic E-state index is -3.78. The van der Waals surface area contributed by atoms with E-state index in [0.717, 1.165) is 37.8 Å². The van der Waals surface area contributed by atoms with Crippen LogP contribution in [-0.2, 0) is 16.4 Å². The molecular formula is C21H24BN3O3S. The van der Waals surface area contributed by atoms with Crippen LogP contribution >= 0.6 is 0 Å². The molecule has 2 fully saturated rings. The number of sulfonamides is 1. The van der Waals surface area contributed by atoms with E-state index in [0.29, 0.717) is 12.5 Å². The van der Waals surface area contributed by atoms with Crippen molar-refractivity contribution in [1.29, 1.82) is 0 Å². The van der Waals surface area contributed by atoms with Crippen LogP contribution in [0.4, 0.5) is 5.69 Å². The molecule has 1 aliphatic heterocycles. The molecule has 6 nitrogen and oxygen atoms in total. The standard InChI is InChI=1S/C21H24BN3O3S/c22-18-5-3-4-15(11-18)10-16-12-23-13-17(16)14-25(19-8-9-19)29(27,28)21-7-2-1-6-20(21)24-26/h1-7,11,16-17,19,23H,8-10,12-14H2/t16-,17+/m1/s1. The molecule has 2 aromatic carbocycles. The molecule has 29 heavy (non-hydrogen) atoms. The Morgan fingerprint density at radius 1 is 1.07 bits per heavy atom. The van der Waals surface area contributed by atoms with Crippen molar-refractivity contribution < 1.29 is 8.42 Å². The zero-order valence-corrected chi connectivity index (χ0v) is 17.0. The Hall–Kier alpha value is -2.03. The number of nitroso groups, excluding NO2 is 1. The molecule has 1 saturated carbocycles. The number of hydrogen-bond donors (Lipinski definition) is 1. The monoisotopic (exact) mass is 409 g/mol. The molecule has 1 N–H and O–H groups in total. The summed E-state index contributed by atoms with van der Waals surface area (Å²) in [5.41, 5.74) is 1.88. The van der Waals surface area contributed by atoms with Crippen molar-refractivity contribution in [1.82, 2.24) is 9.62 Å². The van der Waals surface area contributed by atoms with Crippen molar-refractivity contribution >= 4 is 29.0 Å². The molecule has 0 bridgehead atoms. The highest BCUT2D eigenvalue weighted by Gasteiger charge is 2.42. The predicted molar refractivity (Wildman–Crippen MR) is 114 cm³/mol. The average molecular weight is 409 g/mol. The summed E-state index contributed by atoms with van der Waals surface area (Å²) in [5.74, 6) is 0.524. The molecular weight excluding hydrogens is 385 g/mol. The van der Waals surface area contributed by atoms with Crippen molar-refractivity contribution in [2.24, 2.45) is 17.0 Å². The van der Waals surface area contributed by atoms with Gasteiger partial charge in [-0.1, -0.05) is 41.9 Å². The van der Waals surface area contributed by atoms with Crippen LogP contribution < -0.4 is 10.8 Å². The third kappa shape index (κ3) is 4.44. The van der Waals surface area contributed by atoms with Crippen LogP contribution in [-0.4, -0.2) is 46.2 Å². The summed E-state index contributed by atoms with van der Waals surface area (Å²) in [6.45, 7) is 2.07. The van der Waals surface area contributed by atoms with Crippen molar-refractivity contribution in [2.45, 2.75) is 30.2 Å². The van der Waals surface area contributed by atoms with Crippen LogP contribution in [0.15, 0.2) is 58.6 Å². The number of rotatable bonds is 8. The molecule has 0 amide bonds. The van der Waals surface area contributed by atoms with Gasteiger partial charge in [0.05, 0.1) is 0 Å². The molecule has 2 aromatic rings. The Balaban J connectivity index is 1.56. The lowest BCUT2D eigenvalue weighted by molar-refractivity contribution is 0.300. The average Bonchev–Trinajstić information content (AvgIpc) is 3.46. The fourth-order valence-electron chi connectivity index (χ4n) is 4.18. The van der Waals surface area contributed by atoms with Gasteiger partial charge in [-0.15, -0.1) is 4.91 Å². The number of nitrogens with zero attached hydrogens (tertiary/aromatic N) is 2. The van der Waals surface area contributed by atoms with Gasteiger partial charge >= 0.3 is 0 Å². The highest BCUT2D eigenvalue weighted by atomic mass is 32.2. The summed E-state index contributed by atoms with van der Waals surface area (Å²) in [6, 6.07) is 14.0. The third-order valence-electron chi connectivity index (χ3n) is 5.85. The Kier molecular flexibility index (Phi) is 5.85. The van der Waals surface area contributed by atoms with E-state index < -0.39 is 10.0 Å². The van der Waals surface area contributed by atoms with Crippen molar-refractivity contribution in [3.8, 4) is 0 Å². The maximum atomic E-state index is 13.4. The van der Waals surface area contributed by atoms with Gasteiger partial charge in [-0.3, -0.25) is 0 Å². The van der Waals surface area contributed by atoms with E-state index in [1.807, 2.05) is 18.2 Å². The summed E-state index contributed by atoms with van der Waals surface area (Å²) >= 11 is 0. The van der Waals surface area contributed by atoms with Crippen LogP contribution in [0, 0.1) is 16.7 Å². The van der Waals surface area contributed by atoms with E-state index in [1.165, 1.54) is 17.7 Å². The fraction of sp³-hybridized carbons (Fsp3) is 0.429. The zero-order valence-electron chi connectivity index (χ0n) is 16.2. The second kappa shape index (κ2) is 8.38. The van der Waals surface area contributed by atoms with Crippen molar-refractivity contribution in [3.63, 3.8) is 0 Å². The van der Waals surface area contributed by atoms with Crippen LogP contribution in [0.3, 0.4) is 0 Å². The maximum Gasteiger partial charge on any atom is 0.245 e. The molecule has 150 valence electrons. The quantitative estimate of drug-likeness (QED) is 0.535. The fourth-order valence-corrected chi connectivity index (χ4v) is 6.04. The maximum absolute atomic E-state index is 13.4. The van der Waals surface area contributed by atoms with Gasteiger partial charge in [0, 0.05) is 12.6 Å². The number of benzene rings is 2. The molecule has 2 aliphatic rings. The van der Waals surface area contributed by atoms with E-state index in [2.05, 4.69) is 16.6 Å². The highest BCUT2D eigenvalue weighted by Crippen LogP contribution is 2.37. The SMILES string of the molecule is [B]c1cccc(C[C@@H]2CNC[C@H]2CN(C2CC2)S(=O)(=O)c2ccccc2N=O)c1. The van der Waals surface area contributed by atoms with Gasteiger partial charge in [0.25, 0.3) is 0 Å². The smallest absolute Gasteiger partial charge is 0.245 e. The first-order valence-corrected chi connectivity index (χ1v) is 11.4. The van der Waals surface area contributed by atoms with Crippen LogP contribution in [0.1, 0.15) is 18.4 Å². The third-order valence-corrected chi connectivity index (χ3v) is 7.81. The Labute approximate surface area is 173 Å². The lowest BCUT2D eigenvalue weighted by Gasteiger charge is -2.28. The van der Waals surface area contributed by atoms with Gasteiger partial charge < -0.3 is 5.32 Å². The van der Waals surface area contributed by atoms with E-state index >= 15 is 0 Å². The Bertz CT molecular complexity index is 994. The second-order valence-corrected chi connectivity index (χ2v) is 9.85. The van der Waals surface area contributed by atoms with Gasteiger partial charge in [-0.05, 0) is 67.1 Å². The molecule has 0 spiro atoms. The molecule has 2 atom stereocenters. The second-order valence-electron chi connectivity index (χ2n) is 7.99. The van der Waals surface area contributed by atoms with Crippen LogP contribution in [0.5, 0.6) is 0 Å². The molecule has 4 rings (SSSR count). The first-order chi connectivity index (χ1) is 14.0. The number of hydrogen-bond acceptors (Lipinski definition) is 5. The van der Waals surface area contributed by atoms with E-state index in [-0.39, 0.29) is 22.5 Å². The largest absolute Gasteiger partial charge is 0.316 e. The van der Waals surface area contributed by atoms with Crippen molar-refractivity contribution in [2.75, 3.05) is 19.6 Å². The van der Waals surface area contributed by atoms with Gasteiger partial charge in [0.2, 0.25) is 10.0 Å². The Morgan fingerprint density at radius 2 is 1.83 bits per heavy atom. The van der Waals surface area contributed by atoms with Gasteiger partial charge in [-0.25, -0.2) is 8.42 Å². The molecule has 8 heteroatoms. The lowest BCUT2D eigenvalue weighted by Crippen LogP contribution is -2.39. The van der Waals surface area contributed by atoms with E-state index in [4.69, 9.17) is 7.85 Å². The Morgan fingerprint density at radius 3 is 2.55 bits per heavy atom. The molecule has 2 radical (unpaired) electrons. The molecule has 1 aliphatic carbocycles. The van der Waals surface area contributed by atoms with Crippen molar-refractivity contribution in [3.05, 3.63) is 59.0 Å². The highest BCUT2D eigenvalue weighted by molar-refractivity contribution is 7.89. The predicted octanol–water partition coefficient (Wildman–Crippen LogP) is 2.11. The molecule has 1 saturated heterocycles. The number of nitrogens with one attached hydrogen (secondary N) is 1. The topological polar surface area (TPSA) is 78.8 Å². The summed E-state index contributed by atoms with van der Waals surface area (Å²) in [6.07, 6.45) is 2.57. The van der Waals surface area contributed by atoms with Gasteiger partial charge in [0.1, 0.15) is 18.4 Å². The summed E-state index contributed by atoms with van der Waals surface area (Å²) in [4.78, 5) is 11.2. The van der Waals surface area contributed by atoms with E-state index in [1.54, 1.807) is 16.4 Å². The van der Waals surface area contributed by atoms with Gasteiger partial charge in [-0.2, -0.15) is 4.31 Å². The van der Waals surface area contributed by atoms with E-state index in [9.17, 15) is 13.3 Å². The van der Waals surface area contributed by atoms with Gasteiger partial charge in [0.15, 0.2) is 0 Å². The summed E-state index contributed by atoms with van der Waals surface area (Å²) in [5, 5.41) is 6.34. The molecule has 0 aromatic heterocycles. The molecule has 1 heterocycles. The normalized spacial score (nSPS) is 22.1. The van der Waals surface area contributed by atoms with Crippen LogP contribution in [0.2, 0.25) is 0 Å². The summed E-state index contributed by atoms with van der Waals surface area (Å²) < 4.78 is 28.4. The van der Waals surface area contributed by atoms with Crippen LogP contribution in [0.25, 0.3) is 0 Å². The lowest BCUT2D eigenvalue weighted by atomic mass is 9.87. The minimum absolute atomic E-state index is 0.000221. The minimum Gasteiger partial charge on any atom is -0.316 e. The summed E-state index contributed by atoms with van der Waals surface area (Å²) in [7, 11) is 2.13.